The monoisotopic (exact) mass is 290 g/mol. The maximum Gasteiger partial charge on any atom is 0.325 e. The van der Waals surface area contributed by atoms with Crippen LogP contribution in [0.5, 0.6) is 0 Å². The van der Waals surface area contributed by atoms with Gasteiger partial charge < -0.3 is 4.98 Å². The number of aromatic nitrogens is 2. The smallest absolute Gasteiger partial charge is 0.313 e. The van der Waals surface area contributed by atoms with E-state index in [9.17, 15) is 14.0 Å². The van der Waals surface area contributed by atoms with Gasteiger partial charge in [0, 0.05) is 24.2 Å². The van der Waals surface area contributed by atoms with Crippen molar-refractivity contribution in [1.82, 2.24) is 9.97 Å². The number of rotatable bonds is 3. The number of H-pyrrole nitrogens is 2. The summed E-state index contributed by atoms with van der Waals surface area (Å²) in [4.78, 5) is 27.6. The molecule has 0 amide bonds. The number of nitrogens with one attached hydrogen (secondary N) is 2. The molecule has 110 valence electrons. The van der Waals surface area contributed by atoms with E-state index in [4.69, 9.17) is 0 Å². The number of aromatic amines is 2. The zero-order valence-corrected chi connectivity index (χ0v) is 11.4. The molecule has 0 radical (unpaired) electrons. The van der Waals surface area contributed by atoms with Gasteiger partial charge in [0.15, 0.2) is 0 Å². The Balaban J connectivity index is 1.88. The molecule has 0 spiro atoms. The van der Waals surface area contributed by atoms with Crippen molar-refractivity contribution in [3.05, 3.63) is 45.0 Å². The van der Waals surface area contributed by atoms with E-state index in [0.29, 0.717) is 23.5 Å². The number of nitrogens with zero attached hydrogens (tertiary/aromatic N) is 2. The van der Waals surface area contributed by atoms with Gasteiger partial charge in [-0.2, -0.15) is 10.2 Å². The highest BCUT2D eigenvalue weighted by Crippen LogP contribution is 2.48. The van der Waals surface area contributed by atoms with E-state index in [0.717, 1.165) is 6.42 Å². The van der Waals surface area contributed by atoms with Crippen LogP contribution in [0.15, 0.2) is 38.4 Å². The van der Waals surface area contributed by atoms with Crippen LogP contribution in [0, 0.1) is 23.7 Å². The largest absolute Gasteiger partial charge is 0.325 e. The predicted molar refractivity (Wildman–Crippen MR) is 77.2 cm³/mol. The van der Waals surface area contributed by atoms with E-state index in [-0.39, 0.29) is 17.8 Å². The van der Waals surface area contributed by atoms with Crippen molar-refractivity contribution < 1.29 is 4.39 Å². The van der Waals surface area contributed by atoms with E-state index in [1.807, 2.05) is 6.92 Å². The molecule has 1 aromatic heterocycles. The molecule has 1 fully saturated rings. The third kappa shape index (κ3) is 2.51. The van der Waals surface area contributed by atoms with Crippen LogP contribution in [0.4, 0.5) is 4.39 Å². The van der Waals surface area contributed by atoms with Gasteiger partial charge in [-0.05, 0) is 18.3 Å². The quantitative estimate of drug-likeness (QED) is 0.876. The van der Waals surface area contributed by atoms with E-state index in [1.165, 1.54) is 6.20 Å². The summed E-state index contributed by atoms with van der Waals surface area (Å²) in [7, 11) is 0. The van der Waals surface area contributed by atoms with Gasteiger partial charge in [0.1, 0.15) is 0 Å². The van der Waals surface area contributed by atoms with Crippen molar-refractivity contribution in [2.75, 3.05) is 0 Å². The first kappa shape index (κ1) is 13.7. The van der Waals surface area contributed by atoms with Gasteiger partial charge in [0.25, 0.3) is 5.56 Å². The average molecular weight is 290 g/mol. The predicted octanol–water partition coefficient (Wildman–Crippen LogP) is 1.22. The van der Waals surface area contributed by atoms with Crippen LogP contribution >= 0.6 is 0 Å². The Morgan fingerprint density at radius 2 is 2.24 bits per heavy atom. The first-order chi connectivity index (χ1) is 10.1. The molecule has 3 rings (SSSR count). The minimum absolute atomic E-state index is 0.0162. The van der Waals surface area contributed by atoms with Crippen molar-refractivity contribution in [3.8, 4) is 0 Å². The van der Waals surface area contributed by atoms with Gasteiger partial charge in [-0.1, -0.05) is 13.0 Å². The summed E-state index contributed by atoms with van der Waals surface area (Å²) in [6.07, 6.45) is 6.18. The molecule has 7 heteroatoms. The lowest BCUT2D eigenvalue weighted by Gasteiger charge is -2.23. The zero-order valence-electron chi connectivity index (χ0n) is 11.4. The third-order valence-electron chi connectivity index (χ3n) is 4.21. The van der Waals surface area contributed by atoms with Crippen molar-refractivity contribution in [3.63, 3.8) is 0 Å². The van der Waals surface area contributed by atoms with Gasteiger partial charge in [-0.25, -0.2) is 9.18 Å². The number of allylic oxidation sites excluding steroid dienone is 1. The molecule has 1 saturated carbocycles. The normalized spacial score (nSPS) is 31.4. The van der Waals surface area contributed by atoms with Crippen LogP contribution in [0.25, 0.3) is 0 Å². The second-order valence-corrected chi connectivity index (χ2v) is 5.48. The molecule has 21 heavy (non-hydrogen) atoms. The summed E-state index contributed by atoms with van der Waals surface area (Å²) in [5.74, 6) is 0.646. The first-order valence-electron chi connectivity index (χ1n) is 6.82. The Kier molecular flexibility index (Phi) is 3.40. The van der Waals surface area contributed by atoms with E-state index in [2.05, 4.69) is 20.2 Å². The molecule has 4 atom stereocenters. The summed E-state index contributed by atoms with van der Waals surface area (Å²) >= 11 is 0. The minimum Gasteiger partial charge on any atom is -0.313 e. The molecular formula is C14H15FN4O2. The molecule has 2 N–H and O–H groups in total. The number of halogens is 1. The topological polar surface area (TPSA) is 90.4 Å². The van der Waals surface area contributed by atoms with Gasteiger partial charge in [-0.3, -0.25) is 9.78 Å². The maximum absolute atomic E-state index is 12.2. The second-order valence-electron chi connectivity index (χ2n) is 5.48. The lowest BCUT2D eigenvalue weighted by atomic mass is 9.83. The SMILES string of the molecule is CC1C(c2c[nH]c(=O)[nH]c2=O)=NN=CC1[C@H]1C[C@@H]1/C=C/F. The number of hydrogen-bond acceptors (Lipinski definition) is 4. The van der Waals surface area contributed by atoms with Crippen molar-refractivity contribution in [2.45, 2.75) is 13.3 Å². The lowest BCUT2D eigenvalue weighted by Crippen LogP contribution is -2.34. The Hall–Kier alpha value is -2.31. The lowest BCUT2D eigenvalue weighted by molar-refractivity contribution is 0.494. The van der Waals surface area contributed by atoms with E-state index in [1.54, 1.807) is 12.3 Å². The van der Waals surface area contributed by atoms with Crippen molar-refractivity contribution in [2.24, 2.45) is 33.9 Å². The molecule has 1 aliphatic carbocycles. The molecular weight excluding hydrogens is 275 g/mol. The maximum atomic E-state index is 12.2. The third-order valence-corrected chi connectivity index (χ3v) is 4.21. The van der Waals surface area contributed by atoms with Crippen LogP contribution in [-0.2, 0) is 0 Å². The molecule has 0 saturated heterocycles. The fraction of sp³-hybridized carbons (Fsp3) is 0.429. The van der Waals surface area contributed by atoms with Gasteiger partial charge in [0.2, 0.25) is 0 Å². The van der Waals surface area contributed by atoms with Crippen molar-refractivity contribution >= 4 is 11.9 Å². The molecule has 2 aliphatic rings. The molecule has 2 unspecified atom stereocenters. The van der Waals surface area contributed by atoms with Crippen LogP contribution < -0.4 is 11.2 Å². The highest BCUT2D eigenvalue weighted by molar-refractivity contribution is 6.04. The summed E-state index contributed by atoms with van der Waals surface area (Å²) in [6, 6.07) is 0. The Morgan fingerprint density at radius 1 is 1.43 bits per heavy atom. The Labute approximate surface area is 119 Å². The van der Waals surface area contributed by atoms with E-state index < -0.39 is 11.2 Å². The summed E-state index contributed by atoms with van der Waals surface area (Å²) in [5.41, 5.74) is -0.156. The summed E-state index contributed by atoms with van der Waals surface area (Å²) in [6.45, 7) is 1.97. The van der Waals surface area contributed by atoms with Gasteiger partial charge in [-0.15, -0.1) is 0 Å². The van der Waals surface area contributed by atoms with Crippen LogP contribution in [0.3, 0.4) is 0 Å². The minimum atomic E-state index is -0.553. The molecule has 0 aromatic carbocycles. The first-order valence-corrected chi connectivity index (χ1v) is 6.82. The van der Waals surface area contributed by atoms with Gasteiger partial charge >= 0.3 is 5.69 Å². The van der Waals surface area contributed by atoms with Crippen LogP contribution in [-0.4, -0.2) is 21.9 Å². The second kappa shape index (κ2) is 5.23. The zero-order chi connectivity index (χ0) is 15.0. The standard InChI is InChI=1S/C14H15FN4O2/c1-7-10(9-4-8(9)2-3-15)6-17-19-12(7)11-5-16-14(21)18-13(11)20/h2-3,5-10H,4H2,1H3,(H2,16,18,20,21)/b3-2+/t7?,8-,9-,10?/m0/s1. The van der Waals surface area contributed by atoms with E-state index >= 15 is 0 Å². The fourth-order valence-electron chi connectivity index (χ4n) is 2.95. The van der Waals surface area contributed by atoms with Crippen molar-refractivity contribution in [1.29, 1.82) is 0 Å². The highest BCUT2D eigenvalue weighted by atomic mass is 19.1. The molecule has 0 bridgehead atoms. The molecule has 1 aliphatic heterocycles. The van der Waals surface area contributed by atoms with Crippen LogP contribution in [0.1, 0.15) is 18.9 Å². The molecule has 6 nitrogen and oxygen atoms in total. The fourth-order valence-corrected chi connectivity index (χ4v) is 2.95. The van der Waals surface area contributed by atoms with Crippen LogP contribution in [0.2, 0.25) is 0 Å². The summed E-state index contributed by atoms with van der Waals surface area (Å²) in [5, 5.41) is 8.04. The Morgan fingerprint density at radius 3 is 2.95 bits per heavy atom. The van der Waals surface area contributed by atoms with Gasteiger partial charge in [0.05, 0.1) is 17.6 Å². The average Bonchev–Trinajstić information content (AvgIpc) is 3.19. The summed E-state index contributed by atoms with van der Waals surface area (Å²) < 4.78 is 12.2. The molecule has 1 aromatic rings. The number of hydrogen-bond donors (Lipinski definition) is 2. The highest BCUT2D eigenvalue weighted by Gasteiger charge is 2.45. The Bertz CT molecular complexity index is 746. The molecule has 2 heterocycles.